The quantitative estimate of drug-likeness (QED) is 0.905. The molecule has 0 saturated heterocycles. The summed E-state index contributed by atoms with van der Waals surface area (Å²) < 4.78 is 0. The lowest BCUT2D eigenvalue weighted by Gasteiger charge is -2.18. The predicted molar refractivity (Wildman–Crippen MR) is 84.8 cm³/mol. The van der Waals surface area contributed by atoms with Crippen LogP contribution in [0, 0.1) is 0 Å². The van der Waals surface area contributed by atoms with Crippen molar-refractivity contribution in [2.45, 2.75) is 12.5 Å². The van der Waals surface area contributed by atoms with Crippen LogP contribution in [0.15, 0.2) is 42.7 Å². The number of aromatic nitrogens is 1. The molecule has 1 atom stereocenters. The number of pyridine rings is 1. The highest BCUT2D eigenvalue weighted by Gasteiger charge is 2.26. The van der Waals surface area contributed by atoms with E-state index in [0.717, 1.165) is 17.1 Å². The van der Waals surface area contributed by atoms with Crippen molar-refractivity contribution < 1.29 is 4.79 Å². The Morgan fingerprint density at radius 1 is 1.33 bits per heavy atom. The maximum absolute atomic E-state index is 12.4. The van der Waals surface area contributed by atoms with Gasteiger partial charge in [-0.15, -0.1) is 0 Å². The number of fused-ring (bicyclic) bond motifs is 1. The van der Waals surface area contributed by atoms with E-state index >= 15 is 0 Å². The van der Waals surface area contributed by atoms with Gasteiger partial charge in [0.1, 0.15) is 6.04 Å². The van der Waals surface area contributed by atoms with E-state index in [1.165, 1.54) is 5.56 Å². The minimum absolute atomic E-state index is 0.0395. The van der Waals surface area contributed by atoms with Crippen LogP contribution in [0.5, 0.6) is 0 Å². The van der Waals surface area contributed by atoms with E-state index in [1.54, 1.807) is 12.4 Å². The summed E-state index contributed by atoms with van der Waals surface area (Å²) in [6.07, 6.45) is 4.10. The van der Waals surface area contributed by atoms with E-state index < -0.39 is 0 Å². The Morgan fingerprint density at radius 2 is 2.14 bits per heavy atom. The molecular weight excluding hydrogens is 264 g/mol. The Kier molecular flexibility index (Phi) is 3.48. The Morgan fingerprint density at radius 3 is 2.90 bits per heavy atom. The third-order valence-electron chi connectivity index (χ3n) is 3.63. The van der Waals surface area contributed by atoms with E-state index in [4.69, 9.17) is 0 Å². The van der Waals surface area contributed by atoms with Crippen molar-refractivity contribution in [3.05, 3.63) is 48.3 Å². The zero-order valence-corrected chi connectivity index (χ0v) is 12.1. The van der Waals surface area contributed by atoms with Crippen molar-refractivity contribution in [1.29, 1.82) is 0 Å². The van der Waals surface area contributed by atoms with E-state index in [9.17, 15) is 4.79 Å². The highest BCUT2D eigenvalue weighted by Crippen LogP contribution is 2.27. The number of hydrogen-bond acceptors (Lipinski definition) is 4. The van der Waals surface area contributed by atoms with Crippen LogP contribution >= 0.6 is 0 Å². The largest absolute Gasteiger partial charge is 0.376 e. The van der Waals surface area contributed by atoms with Crippen LogP contribution in [-0.4, -0.2) is 31.0 Å². The van der Waals surface area contributed by atoms with E-state index in [2.05, 4.69) is 15.6 Å². The monoisotopic (exact) mass is 282 g/mol. The highest BCUT2D eigenvalue weighted by molar-refractivity contribution is 6.00. The fraction of sp³-hybridized carbons (Fsp3) is 0.250. The number of rotatable bonds is 3. The van der Waals surface area contributed by atoms with Crippen LogP contribution in [0.4, 0.5) is 17.1 Å². The fourth-order valence-corrected chi connectivity index (χ4v) is 2.55. The number of benzene rings is 1. The normalized spacial score (nSPS) is 16.0. The second-order valence-corrected chi connectivity index (χ2v) is 5.33. The first-order chi connectivity index (χ1) is 10.1. The minimum atomic E-state index is -0.238. The molecule has 2 aromatic rings. The van der Waals surface area contributed by atoms with Gasteiger partial charge >= 0.3 is 0 Å². The number of amides is 1. The molecule has 1 aromatic carbocycles. The second kappa shape index (κ2) is 5.44. The molecule has 0 radical (unpaired) electrons. The Balaban J connectivity index is 1.74. The van der Waals surface area contributed by atoms with Gasteiger partial charge in [0.05, 0.1) is 17.6 Å². The molecule has 3 rings (SSSR count). The summed E-state index contributed by atoms with van der Waals surface area (Å²) in [5, 5.41) is 6.22. The number of hydrogen-bond donors (Lipinski definition) is 2. The maximum Gasteiger partial charge on any atom is 0.247 e. The first-order valence-electron chi connectivity index (χ1n) is 6.92. The van der Waals surface area contributed by atoms with Crippen molar-refractivity contribution in [3.8, 4) is 0 Å². The molecule has 1 aliphatic rings. The number of carbonyl (C=O) groups is 1. The average molecular weight is 282 g/mol. The summed E-state index contributed by atoms with van der Waals surface area (Å²) in [5.74, 6) is -0.0395. The molecule has 0 fully saturated rings. The number of nitrogens with one attached hydrogen (secondary N) is 2. The van der Waals surface area contributed by atoms with Gasteiger partial charge in [0.2, 0.25) is 5.91 Å². The first-order valence-corrected chi connectivity index (χ1v) is 6.92. The molecular formula is C16H18N4O. The Bertz CT molecular complexity index is 644. The second-order valence-electron chi connectivity index (χ2n) is 5.33. The third kappa shape index (κ3) is 2.67. The zero-order valence-electron chi connectivity index (χ0n) is 12.1. The fourth-order valence-electron chi connectivity index (χ4n) is 2.55. The molecule has 5 nitrogen and oxygen atoms in total. The molecule has 1 aromatic heterocycles. The van der Waals surface area contributed by atoms with Crippen molar-refractivity contribution in [2.24, 2.45) is 0 Å². The van der Waals surface area contributed by atoms with Crippen LogP contribution in [0.25, 0.3) is 0 Å². The van der Waals surface area contributed by atoms with Gasteiger partial charge in [0.25, 0.3) is 0 Å². The molecule has 0 bridgehead atoms. The van der Waals surface area contributed by atoms with Gasteiger partial charge in [0, 0.05) is 32.4 Å². The predicted octanol–water partition coefficient (Wildman–Crippen LogP) is 2.12. The lowest BCUT2D eigenvalue weighted by Crippen LogP contribution is -2.33. The summed E-state index contributed by atoms with van der Waals surface area (Å²) in [6.45, 7) is 0. The van der Waals surface area contributed by atoms with Crippen LogP contribution in [0.3, 0.4) is 0 Å². The summed E-state index contributed by atoms with van der Waals surface area (Å²) in [5.41, 5.74) is 3.88. The molecule has 21 heavy (non-hydrogen) atoms. The number of carbonyl (C=O) groups excluding carboxylic acids is 1. The molecule has 5 heteroatoms. The third-order valence-corrected chi connectivity index (χ3v) is 3.63. The number of nitrogens with zero attached hydrogens (tertiary/aromatic N) is 2. The lowest BCUT2D eigenvalue weighted by molar-refractivity contribution is -0.116. The smallest absolute Gasteiger partial charge is 0.247 e. The van der Waals surface area contributed by atoms with Gasteiger partial charge in [-0.3, -0.25) is 9.78 Å². The topological polar surface area (TPSA) is 57.3 Å². The van der Waals surface area contributed by atoms with Gasteiger partial charge < -0.3 is 15.5 Å². The van der Waals surface area contributed by atoms with Crippen LogP contribution in [-0.2, 0) is 11.2 Å². The molecule has 0 unspecified atom stereocenters. The van der Waals surface area contributed by atoms with Crippen molar-refractivity contribution in [2.75, 3.05) is 29.6 Å². The molecule has 0 saturated carbocycles. The molecule has 2 heterocycles. The first kappa shape index (κ1) is 13.4. The minimum Gasteiger partial charge on any atom is -0.376 e. The van der Waals surface area contributed by atoms with Gasteiger partial charge in [-0.25, -0.2) is 0 Å². The summed E-state index contributed by atoms with van der Waals surface area (Å²) in [4.78, 5) is 18.5. The average Bonchev–Trinajstić information content (AvgIpc) is 2.91. The van der Waals surface area contributed by atoms with Gasteiger partial charge in [-0.05, 0) is 17.7 Å². The summed E-state index contributed by atoms with van der Waals surface area (Å²) in [7, 11) is 3.88. The number of para-hydroxylation sites is 1. The summed E-state index contributed by atoms with van der Waals surface area (Å²) in [6, 6.07) is 9.65. The van der Waals surface area contributed by atoms with Crippen LogP contribution < -0.4 is 15.5 Å². The van der Waals surface area contributed by atoms with Crippen molar-refractivity contribution in [1.82, 2.24) is 4.98 Å². The van der Waals surface area contributed by atoms with Gasteiger partial charge in [-0.1, -0.05) is 18.2 Å². The number of anilines is 3. The molecule has 2 N–H and O–H groups in total. The molecule has 1 amide bonds. The molecule has 0 spiro atoms. The summed E-state index contributed by atoms with van der Waals surface area (Å²) >= 11 is 0. The van der Waals surface area contributed by atoms with Crippen molar-refractivity contribution >= 4 is 23.0 Å². The Labute approximate surface area is 124 Å². The van der Waals surface area contributed by atoms with E-state index in [0.29, 0.717) is 6.42 Å². The highest BCUT2D eigenvalue weighted by atomic mass is 16.2. The van der Waals surface area contributed by atoms with Crippen LogP contribution in [0.1, 0.15) is 5.56 Å². The molecule has 108 valence electrons. The zero-order chi connectivity index (χ0) is 14.8. The van der Waals surface area contributed by atoms with Crippen LogP contribution in [0.2, 0.25) is 0 Å². The van der Waals surface area contributed by atoms with Crippen molar-refractivity contribution in [3.63, 3.8) is 0 Å². The standard InChI is InChI=1S/C16H18N4O/c1-20(2)15-7-8-17-10-14(15)19-16(21)13-9-11-5-3-4-6-12(11)18-13/h3-8,10,13,18H,9H2,1-2H3,(H,19,21)/t13-/m0/s1. The van der Waals surface area contributed by atoms with Gasteiger partial charge in [-0.2, -0.15) is 0 Å². The van der Waals surface area contributed by atoms with Gasteiger partial charge in [0.15, 0.2) is 0 Å². The van der Waals surface area contributed by atoms with E-state index in [1.807, 2.05) is 49.3 Å². The molecule has 0 aliphatic carbocycles. The van der Waals surface area contributed by atoms with E-state index in [-0.39, 0.29) is 11.9 Å². The Hall–Kier alpha value is -2.56. The lowest BCUT2D eigenvalue weighted by atomic mass is 10.1. The molecule has 1 aliphatic heterocycles. The maximum atomic E-state index is 12.4. The SMILES string of the molecule is CN(C)c1ccncc1NC(=O)[C@@H]1Cc2ccccc2N1.